The van der Waals surface area contributed by atoms with Crippen LogP contribution in [0, 0.1) is 19.7 Å². The molecule has 0 aliphatic carbocycles. The summed E-state index contributed by atoms with van der Waals surface area (Å²) in [6, 6.07) is 6.39. The van der Waals surface area contributed by atoms with Gasteiger partial charge in [-0.1, -0.05) is 12.1 Å². The van der Waals surface area contributed by atoms with E-state index < -0.39 is 0 Å². The van der Waals surface area contributed by atoms with E-state index in [2.05, 4.69) is 36.8 Å². The summed E-state index contributed by atoms with van der Waals surface area (Å²) in [6.45, 7) is 6.17. The molecular formula is C19H22BrFN6S. The maximum absolute atomic E-state index is 13.0. The summed E-state index contributed by atoms with van der Waals surface area (Å²) in [7, 11) is 0. The minimum absolute atomic E-state index is 0.242. The van der Waals surface area contributed by atoms with Gasteiger partial charge in [0.1, 0.15) is 5.82 Å². The van der Waals surface area contributed by atoms with E-state index in [1.165, 1.54) is 12.1 Å². The molecule has 0 unspecified atom stereocenters. The van der Waals surface area contributed by atoms with E-state index in [-0.39, 0.29) is 5.82 Å². The van der Waals surface area contributed by atoms with Crippen LogP contribution in [0.25, 0.3) is 0 Å². The van der Waals surface area contributed by atoms with Crippen molar-refractivity contribution in [2.24, 2.45) is 0 Å². The molecule has 0 aliphatic rings. The van der Waals surface area contributed by atoms with Gasteiger partial charge in [-0.05, 0) is 66.1 Å². The minimum Gasteiger partial charge on any atom is -0.362 e. The molecule has 2 N–H and O–H groups in total. The van der Waals surface area contributed by atoms with E-state index in [0.29, 0.717) is 11.7 Å². The number of nitrogens with zero attached hydrogens (tertiary/aromatic N) is 4. The number of thiocarbonyl (C=S) groups is 1. The first-order valence-corrected chi connectivity index (χ1v) is 10.1. The topological polar surface area (TPSA) is 59.7 Å². The van der Waals surface area contributed by atoms with Gasteiger partial charge in [-0.2, -0.15) is 10.2 Å². The van der Waals surface area contributed by atoms with Crippen LogP contribution >= 0.6 is 28.1 Å². The SMILES string of the molecule is Cc1nn(CCCNC(=S)Nc2cnn(Cc3ccc(F)cc3)c2)c(C)c1Br. The highest BCUT2D eigenvalue weighted by Gasteiger charge is 2.08. The van der Waals surface area contributed by atoms with Crippen molar-refractivity contribution in [3.05, 3.63) is 63.9 Å². The minimum atomic E-state index is -0.242. The van der Waals surface area contributed by atoms with E-state index in [0.717, 1.165) is 46.6 Å². The molecule has 0 saturated carbocycles. The zero-order valence-electron chi connectivity index (χ0n) is 15.7. The normalized spacial score (nSPS) is 10.9. The average molecular weight is 465 g/mol. The van der Waals surface area contributed by atoms with Gasteiger partial charge >= 0.3 is 0 Å². The van der Waals surface area contributed by atoms with Gasteiger partial charge < -0.3 is 10.6 Å². The van der Waals surface area contributed by atoms with Crippen LogP contribution in [0.15, 0.2) is 41.1 Å². The number of nitrogens with one attached hydrogen (secondary N) is 2. The lowest BCUT2D eigenvalue weighted by Gasteiger charge is -2.09. The Morgan fingerprint density at radius 3 is 2.68 bits per heavy atom. The Morgan fingerprint density at radius 1 is 1.25 bits per heavy atom. The van der Waals surface area contributed by atoms with Crippen LogP contribution in [0.2, 0.25) is 0 Å². The molecule has 2 aromatic heterocycles. The highest BCUT2D eigenvalue weighted by molar-refractivity contribution is 9.10. The van der Waals surface area contributed by atoms with Crippen molar-refractivity contribution < 1.29 is 4.39 Å². The zero-order chi connectivity index (χ0) is 20.1. The summed E-state index contributed by atoms with van der Waals surface area (Å²) in [4.78, 5) is 0. The largest absolute Gasteiger partial charge is 0.362 e. The molecule has 2 heterocycles. The standard InChI is InChI=1S/C19H22BrFN6S/c1-13-18(20)14(2)27(25-13)9-3-8-22-19(28)24-17-10-23-26(12-17)11-15-4-6-16(21)7-5-15/h4-7,10,12H,3,8-9,11H2,1-2H3,(H2,22,24,28). The number of rotatable bonds is 7. The molecule has 0 atom stereocenters. The van der Waals surface area contributed by atoms with Gasteiger partial charge in [-0.25, -0.2) is 4.39 Å². The Labute approximate surface area is 177 Å². The summed E-state index contributed by atoms with van der Waals surface area (Å²) in [5, 5.41) is 15.7. The van der Waals surface area contributed by atoms with Crippen molar-refractivity contribution in [2.45, 2.75) is 33.4 Å². The first kappa shape index (κ1) is 20.5. The highest BCUT2D eigenvalue weighted by Crippen LogP contribution is 2.19. The predicted octanol–water partition coefficient (Wildman–Crippen LogP) is 4.02. The molecule has 9 heteroatoms. The number of aromatic nitrogens is 4. The van der Waals surface area contributed by atoms with Crippen molar-refractivity contribution in [2.75, 3.05) is 11.9 Å². The molecular weight excluding hydrogens is 443 g/mol. The monoisotopic (exact) mass is 464 g/mol. The number of aryl methyl sites for hydroxylation is 2. The van der Waals surface area contributed by atoms with Crippen molar-refractivity contribution in [1.82, 2.24) is 24.9 Å². The number of hydrogen-bond acceptors (Lipinski definition) is 3. The quantitative estimate of drug-likeness (QED) is 0.408. The van der Waals surface area contributed by atoms with E-state index >= 15 is 0 Å². The van der Waals surface area contributed by atoms with Gasteiger partial charge in [0.15, 0.2) is 5.11 Å². The van der Waals surface area contributed by atoms with Gasteiger partial charge in [0.25, 0.3) is 0 Å². The smallest absolute Gasteiger partial charge is 0.170 e. The van der Waals surface area contributed by atoms with E-state index in [4.69, 9.17) is 12.2 Å². The number of hydrogen-bond donors (Lipinski definition) is 2. The number of halogens is 2. The second kappa shape index (κ2) is 9.29. The molecule has 0 amide bonds. The fraction of sp³-hybridized carbons (Fsp3) is 0.316. The second-order valence-corrected chi connectivity index (χ2v) is 7.70. The van der Waals surface area contributed by atoms with Crippen molar-refractivity contribution >= 4 is 38.9 Å². The summed E-state index contributed by atoms with van der Waals surface area (Å²) in [5.41, 5.74) is 3.92. The van der Waals surface area contributed by atoms with E-state index in [1.54, 1.807) is 23.0 Å². The summed E-state index contributed by atoms with van der Waals surface area (Å²) in [5.74, 6) is -0.242. The lowest BCUT2D eigenvalue weighted by molar-refractivity contribution is 0.558. The third kappa shape index (κ3) is 5.39. The maximum Gasteiger partial charge on any atom is 0.170 e. The van der Waals surface area contributed by atoms with E-state index in [9.17, 15) is 4.39 Å². The number of anilines is 1. The molecule has 0 bridgehead atoms. The molecule has 0 saturated heterocycles. The molecule has 6 nitrogen and oxygen atoms in total. The Bertz CT molecular complexity index is 950. The van der Waals surface area contributed by atoms with Crippen LogP contribution in [0.5, 0.6) is 0 Å². The highest BCUT2D eigenvalue weighted by atomic mass is 79.9. The third-order valence-corrected chi connectivity index (χ3v) is 5.67. The van der Waals surface area contributed by atoms with E-state index in [1.807, 2.05) is 24.7 Å². The molecule has 1 aromatic carbocycles. The Kier molecular flexibility index (Phi) is 6.79. The molecule has 0 fully saturated rings. The lowest BCUT2D eigenvalue weighted by atomic mass is 10.2. The van der Waals surface area contributed by atoms with Crippen molar-refractivity contribution in [1.29, 1.82) is 0 Å². The Hall–Kier alpha value is -2.26. The van der Waals surface area contributed by atoms with Crippen LogP contribution < -0.4 is 10.6 Å². The van der Waals surface area contributed by atoms with Gasteiger partial charge in [-0.3, -0.25) is 9.36 Å². The predicted molar refractivity (Wildman–Crippen MR) is 116 cm³/mol. The summed E-state index contributed by atoms with van der Waals surface area (Å²) in [6.07, 6.45) is 4.48. The first-order valence-electron chi connectivity index (χ1n) is 8.93. The van der Waals surface area contributed by atoms with Crippen LogP contribution in [0.3, 0.4) is 0 Å². The van der Waals surface area contributed by atoms with Gasteiger partial charge in [-0.15, -0.1) is 0 Å². The molecule has 148 valence electrons. The van der Waals surface area contributed by atoms with Gasteiger partial charge in [0.05, 0.1) is 28.6 Å². The fourth-order valence-corrected chi connectivity index (χ4v) is 3.29. The Morgan fingerprint density at radius 2 is 2.00 bits per heavy atom. The van der Waals surface area contributed by atoms with Crippen LogP contribution in [-0.2, 0) is 13.1 Å². The molecule has 0 spiro atoms. The van der Waals surface area contributed by atoms with Crippen molar-refractivity contribution in [3.63, 3.8) is 0 Å². The van der Waals surface area contributed by atoms with Gasteiger partial charge in [0.2, 0.25) is 0 Å². The van der Waals surface area contributed by atoms with Crippen LogP contribution in [0.1, 0.15) is 23.4 Å². The van der Waals surface area contributed by atoms with Crippen LogP contribution in [0.4, 0.5) is 10.1 Å². The zero-order valence-corrected chi connectivity index (χ0v) is 18.1. The average Bonchev–Trinajstić information content (AvgIpc) is 3.20. The molecule has 0 aliphatic heterocycles. The van der Waals surface area contributed by atoms with Gasteiger partial charge in [0, 0.05) is 25.0 Å². The summed E-state index contributed by atoms with van der Waals surface area (Å²) < 4.78 is 17.8. The summed E-state index contributed by atoms with van der Waals surface area (Å²) >= 11 is 8.88. The maximum atomic E-state index is 13.0. The van der Waals surface area contributed by atoms with Crippen molar-refractivity contribution in [3.8, 4) is 0 Å². The third-order valence-electron chi connectivity index (χ3n) is 4.27. The lowest BCUT2D eigenvalue weighted by Crippen LogP contribution is -2.29. The molecule has 3 rings (SSSR count). The Balaban J connectivity index is 1.42. The molecule has 3 aromatic rings. The fourth-order valence-electron chi connectivity index (χ4n) is 2.79. The molecule has 0 radical (unpaired) electrons. The van der Waals surface area contributed by atoms with Crippen LogP contribution in [-0.4, -0.2) is 31.2 Å². The number of benzene rings is 1. The first-order chi connectivity index (χ1) is 13.4. The molecule has 28 heavy (non-hydrogen) atoms. The second-order valence-electron chi connectivity index (χ2n) is 6.50.